The predicted octanol–water partition coefficient (Wildman–Crippen LogP) is 4.23. The summed E-state index contributed by atoms with van der Waals surface area (Å²) in [5.74, 6) is 1.02. The SMILES string of the molecule is CCC.CNC(C)CC1CCCCC1.[HH]. The molecule has 0 saturated heterocycles. The molecule has 1 rings (SSSR count). The smallest absolute Gasteiger partial charge is 0.00383 e. The van der Waals surface area contributed by atoms with Gasteiger partial charge >= 0.3 is 0 Å². The van der Waals surface area contributed by atoms with Crippen molar-refractivity contribution < 1.29 is 1.43 Å². The Morgan fingerprint density at radius 3 is 2.14 bits per heavy atom. The van der Waals surface area contributed by atoms with Crippen LogP contribution in [0.1, 0.15) is 67.1 Å². The maximum Gasteiger partial charge on any atom is 0.00383 e. The van der Waals surface area contributed by atoms with Gasteiger partial charge in [-0.25, -0.2) is 0 Å². The second-order valence-corrected chi connectivity index (χ2v) is 4.64. The molecule has 1 heteroatoms. The van der Waals surface area contributed by atoms with E-state index in [1.54, 1.807) is 0 Å². The molecule has 0 spiro atoms. The van der Waals surface area contributed by atoms with E-state index in [0.717, 1.165) is 12.0 Å². The molecular weight excluding hydrogens is 170 g/mol. The quantitative estimate of drug-likeness (QED) is 0.720. The maximum atomic E-state index is 3.31. The van der Waals surface area contributed by atoms with E-state index < -0.39 is 0 Å². The fourth-order valence-electron chi connectivity index (χ4n) is 2.04. The average Bonchev–Trinajstić information content (AvgIpc) is 2.20. The minimum atomic E-state index is 0. The number of nitrogens with one attached hydrogen (secondary N) is 1. The molecule has 0 bridgehead atoms. The normalized spacial score (nSPS) is 19.7. The zero-order valence-corrected chi connectivity index (χ0v) is 10.6. The van der Waals surface area contributed by atoms with Crippen LogP contribution in [0.15, 0.2) is 0 Å². The maximum absolute atomic E-state index is 3.31. The first-order chi connectivity index (χ1) is 6.74. The van der Waals surface area contributed by atoms with Gasteiger partial charge in [0, 0.05) is 7.47 Å². The molecule has 0 aromatic heterocycles. The molecule has 0 aromatic carbocycles. The number of rotatable bonds is 3. The van der Waals surface area contributed by atoms with Crippen molar-refractivity contribution in [1.82, 2.24) is 5.32 Å². The minimum Gasteiger partial charge on any atom is -0.317 e. The van der Waals surface area contributed by atoms with Crippen molar-refractivity contribution in [2.75, 3.05) is 7.05 Å². The first-order valence-corrected chi connectivity index (χ1v) is 6.41. The van der Waals surface area contributed by atoms with Crippen LogP contribution in [-0.2, 0) is 0 Å². The second kappa shape index (κ2) is 9.51. The topological polar surface area (TPSA) is 12.0 Å². The summed E-state index contributed by atoms with van der Waals surface area (Å²) in [6, 6.07) is 0.720. The molecule has 1 nitrogen and oxygen atoms in total. The summed E-state index contributed by atoms with van der Waals surface area (Å²) in [7, 11) is 2.06. The van der Waals surface area contributed by atoms with Crippen LogP contribution in [0.5, 0.6) is 0 Å². The van der Waals surface area contributed by atoms with Gasteiger partial charge in [0.2, 0.25) is 0 Å². The Hall–Kier alpha value is -0.0400. The standard InChI is InChI=1S/C10H21N.C3H8.H2/c1-9(11-2)8-10-6-4-3-5-7-10;1-3-2;/h9-11H,3-8H2,1-2H3;3H2,1-2H3;1H. The first kappa shape index (κ1) is 14.0. The van der Waals surface area contributed by atoms with Crippen LogP contribution in [-0.4, -0.2) is 13.1 Å². The van der Waals surface area contributed by atoms with Crippen LogP contribution >= 0.6 is 0 Å². The first-order valence-electron chi connectivity index (χ1n) is 6.41. The van der Waals surface area contributed by atoms with Crippen LogP contribution in [0.4, 0.5) is 0 Å². The zero-order chi connectivity index (χ0) is 10.8. The Labute approximate surface area is 92.2 Å². The third kappa shape index (κ3) is 7.37. The summed E-state index contributed by atoms with van der Waals surface area (Å²) < 4.78 is 0. The molecule has 0 amide bonds. The molecule has 1 aliphatic rings. The lowest BCUT2D eigenvalue weighted by atomic mass is 9.85. The van der Waals surface area contributed by atoms with E-state index in [1.807, 2.05) is 0 Å². The van der Waals surface area contributed by atoms with Crippen LogP contribution < -0.4 is 5.32 Å². The van der Waals surface area contributed by atoms with Gasteiger partial charge in [0.15, 0.2) is 0 Å². The molecule has 1 N–H and O–H groups in total. The van der Waals surface area contributed by atoms with Gasteiger partial charge in [0.25, 0.3) is 0 Å². The predicted molar refractivity (Wildman–Crippen MR) is 67.8 cm³/mol. The van der Waals surface area contributed by atoms with Gasteiger partial charge in [-0.05, 0) is 26.3 Å². The van der Waals surface area contributed by atoms with E-state index in [4.69, 9.17) is 0 Å². The lowest BCUT2D eigenvalue weighted by Crippen LogP contribution is -2.25. The van der Waals surface area contributed by atoms with Gasteiger partial charge in [0.1, 0.15) is 0 Å². The highest BCUT2D eigenvalue weighted by molar-refractivity contribution is 4.70. The third-order valence-electron chi connectivity index (χ3n) is 2.90. The van der Waals surface area contributed by atoms with Crippen molar-refractivity contribution in [3.8, 4) is 0 Å². The van der Waals surface area contributed by atoms with Crippen LogP contribution in [0.2, 0.25) is 0 Å². The Kier molecular flexibility index (Phi) is 9.49. The largest absolute Gasteiger partial charge is 0.317 e. The minimum absolute atomic E-state index is 0. The number of hydrogen-bond donors (Lipinski definition) is 1. The molecule has 1 unspecified atom stereocenters. The molecule has 1 atom stereocenters. The van der Waals surface area contributed by atoms with Crippen LogP contribution in [0, 0.1) is 5.92 Å². The third-order valence-corrected chi connectivity index (χ3v) is 2.90. The van der Waals surface area contributed by atoms with E-state index in [9.17, 15) is 0 Å². The summed E-state index contributed by atoms with van der Waals surface area (Å²) in [5.41, 5.74) is 0. The molecular formula is C13H31N. The van der Waals surface area contributed by atoms with Crippen LogP contribution in [0.25, 0.3) is 0 Å². The van der Waals surface area contributed by atoms with Crippen molar-refractivity contribution in [3.05, 3.63) is 0 Å². The Bertz CT molecular complexity index is 111. The van der Waals surface area contributed by atoms with Gasteiger partial charge in [-0.1, -0.05) is 52.4 Å². The van der Waals surface area contributed by atoms with E-state index >= 15 is 0 Å². The van der Waals surface area contributed by atoms with Crippen molar-refractivity contribution in [1.29, 1.82) is 0 Å². The monoisotopic (exact) mass is 201 g/mol. The fraction of sp³-hybridized carbons (Fsp3) is 1.00. The van der Waals surface area contributed by atoms with E-state index in [-0.39, 0.29) is 1.43 Å². The molecule has 14 heavy (non-hydrogen) atoms. The lowest BCUT2D eigenvalue weighted by molar-refractivity contribution is 0.311. The van der Waals surface area contributed by atoms with Gasteiger partial charge in [-0.15, -0.1) is 0 Å². The van der Waals surface area contributed by atoms with Crippen molar-refractivity contribution in [3.63, 3.8) is 0 Å². The molecule has 1 aliphatic carbocycles. The van der Waals surface area contributed by atoms with E-state index in [0.29, 0.717) is 0 Å². The molecule has 88 valence electrons. The second-order valence-electron chi connectivity index (χ2n) is 4.64. The van der Waals surface area contributed by atoms with Gasteiger partial charge in [-0.2, -0.15) is 0 Å². The van der Waals surface area contributed by atoms with Crippen molar-refractivity contribution in [2.24, 2.45) is 5.92 Å². The van der Waals surface area contributed by atoms with Gasteiger partial charge in [0.05, 0.1) is 0 Å². The van der Waals surface area contributed by atoms with Crippen molar-refractivity contribution >= 4 is 0 Å². The van der Waals surface area contributed by atoms with E-state index in [2.05, 4.69) is 33.1 Å². The molecule has 0 radical (unpaired) electrons. The Morgan fingerprint density at radius 1 is 1.21 bits per heavy atom. The molecule has 1 fully saturated rings. The highest BCUT2D eigenvalue weighted by atomic mass is 14.8. The molecule has 0 aromatic rings. The van der Waals surface area contributed by atoms with Gasteiger partial charge in [-0.3, -0.25) is 0 Å². The molecule has 1 saturated carbocycles. The van der Waals surface area contributed by atoms with Crippen molar-refractivity contribution in [2.45, 2.75) is 71.8 Å². The average molecular weight is 201 g/mol. The lowest BCUT2D eigenvalue weighted by Gasteiger charge is -2.24. The highest BCUT2D eigenvalue weighted by Crippen LogP contribution is 2.26. The summed E-state index contributed by atoms with van der Waals surface area (Å²) in [4.78, 5) is 0. The molecule has 0 aliphatic heterocycles. The number of hydrogen-bond acceptors (Lipinski definition) is 1. The fourth-order valence-corrected chi connectivity index (χ4v) is 2.04. The van der Waals surface area contributed by atoms with E-state index in [1.165, 1.54) is 44.9 Å². The summed E-state index contributed by atoms with van der Waals surface area (Å²) in [6.45, 7) is 6.54. The molecule has 0 heterocycles. The summed E-state index contributed by atoms with van der Waals surface area (Å²) in [6.07, 6.45) is 10.0. The zero-order valence-electron chi connectivity index (χ0n) is 10.6. The summed E-state index contributed by atoms with van der Waals surface area (Å²) >= 11 is 0. The highest BCUT2D eigenvalue weighted by Gasteiger charge is 2.14. The van der Waals surface area contributed by atoms with Crippen LogP contribution in [0.3, 0.4) is 0 Å². The Morgan fingerprint density at radius 2 is 1.71 bits per heavy atom. The Balaban J connectivity index is 0. The summed E-state index contributed by atoms with van der Waals surface area (Å²) in [5, 5.41) is 3.31. The van der Waals surface area contributed by atoms with Gasteiger partial charge < -0.3 is 5.32 Å².